The summed E-state index contributed by atoms with van der Waals surface area (Å²) in [6, 6.07) is 0. The van der Waals surface area contributed by atoms with Gasteiger partial charge >= 0.3 is 0 Å². The second-order valence-corrected chi connectivity index (χ2v) is 14.3. The summed E-state index contributed by atoms with van der Waals surface area (Å²) in [5.74, 6) is 1.31. The summed E-state index contributed by atoms with van der Waals surface area (Å²) in [4.78, 5) is 12.3. The van der Waals surface area contributed by atoms with Gasteiger partial charge in [0.1, 0.15) is 5.78 Å². The van der Waals surface area contributed by atoms with E-state index in [2.05, 4.69) is 47.3 Å². The molecule has 2 saturated carbocycles. The molecule has 2 aliphatic carbocycles. The van der Waals surface area contributed by atoms with Crippen LogP contribution < -0.4 is 0 Å². The molecule has 0 amide bonds. The number of hydrogen-bond acceptors (Lipinski definition) is 3. The van der Waals surface area contributed by atoms with Crippen LogP contribution >= 0.6 is 0 Å². The summed E-state index contributed by atoms with van der Waals surface area (Å²) < 4.78 is 12.5. The van der Waals surface area contributed by atoms with Gasteiger partial charge in [-0.2, -0.15) is 0 Å². The Balaban J connectivity index is 1.87. The molecule has 0 aromatic heterocycles. The molecule has 2 aliphatic rings. The standard InChI is InChI=1S/C20H38O3Si/c1-15(22-14-13-19(2,3)23-24(5,6)7)16-10-11-17-18(21)9-8-12-20(16,17)4/h15-17H,8-14H2,1-7H3/t15?,16?,17?,20-/m1/s1. The van der Waals surface area contributed by atoms with Crippen LogP contribution in [0.2, 0.25) is 19.6 Å². The van der Waals surface area contributed by atoms with Crippen molar-refractivity contribution in [2.75, 3.05) is 6.61 Å². The van der Waals surface area contributed by atoms with Crippen LogP contribution in [0.15, 0.2) is 0 Å². The smallest absolute Gasteiger partial charge is 0.184 e. The lowest BCUT2D eigenvalue weighted by Crippen LogP contribution is -2.42. The highest BCUT2D eigenvalue weighted by Crippen LogP contribution is 2.55. The van der Waals surface area contributed by atoms with E-state index in [1.54, 1.807) is 0 Å². The van der Waals surface area contributed by atoms with Crippen molar-refractivity contribution in [1.82, 2.24) is 0 Å². The van der Waals surface area contributed by atoms with Gasteiger partial charge in [-0.3, -0.25) is 4.79 Å². The third-order valence-corrected chi connectivity index (χ3v) is 7.34. The van der Waals surface area contributed by atoms with Crippen molar-refractivity contribution in [3.63, 3.8) is 0 Å². The molecule has 0 saturated heterocycles. The molecule has 0 N–H and O–H groups in total. The maximum atomic E-state index is 12.3. The highest BCUT2D eigenvalue weighted by atomic mass is 28.4. The van der Waals surface area contributed by atoms with Gasteiger partial charge in [0.05, 0.1) is 11.7 Å². The normalized spacial score (nSPS) is 32.7. The van der Waals surface area contributed by atoms with E-state index in [4.69, 9.17) is 9.16 Å². The number of carbonyl (C=O) groups is 1. The van der Waals surface area contributed by atoms with Gasteiger partial charge < -0.3 is 9.16 Å². The van der Waals surface area contributed by atoms with E-state index in [-0.39, 0.29) is 23.0 Å². The van der Waals surface area contributed by atoms with Gasteiger partial charge in [-0.25, -0.2) is 0 Å². The molecule has 4 heteroatoms. The van der Waals surface area contributed by atoms with E-state index < -0.39 is 8.32 Å². The summed E-state index contributed by atoms with van der Waals surface area (Å²) in [5, 5.41) is 0. The Kier molecular flexibility index (Phi) is 6.04. The Labute approximate surface area is 150 Å². The third-order valence-electron chi connectivity index (χ3n) is 6.17. The van der Waals surface area contributed by atoms with E-state index >= 15 is 0 Å². The number of Topliss-reactive ketones (excluding diaryl/α,β-unsaturated/α-hetero) is 1. The minimum Gasteiger partial charge on any atom is -0.413 e. The van der Waals surface area contributed by atoms with Crippen molar-refractivity contribution in [1.29, 1.82) is 0 Å². The maximum absolute atomic E-state index is 12.3. The molecular formula is C20H38O3Si. The van der Waals surface area contributed by atoms with Crippen molar-refractivity contribution < 1.29 is 14.0 Å². The van der Waals surface area contributed by atoms with Gasteiger partial charge in [-0.1, -0.05) is 6.92 Å². The Morgan fingerprint density at radius 1 is 1.29 bits per heavy atom. The molecule has 0 radical (unpaired) electrons. The number of ketones is 1. The lowest BCUT2D eigenvalue weighted by atomic mass is 9.64. The van der Waals surface area contributed by atoms with Gasteiger partial charge in [-0.05, 0) is 83.8 Å². The summed E-state index contributed by atoms with van der Waals surface area (Å²) in [7, 11) is -1.53. The average Bonchev–Trinajstić information content (AvgIpc) is 2.74. The molecule has 24 heavy (non-hydrogen) atoms. The minimum atomic E-state index is -1.53. The predicted octanol–water partition coefficient (Wildman–Crippen LogP) is 5.20. The first kappa shape index (κ1) is 20.1. The van der Waals surface area contributed by atoms with Crippen molar-refractivity contribution in [3.8, 4) is 0 Å². The van der Waals surface area contributed by atoms with E-state index in [9.17, 15) is 4.79 Å². The summed E-state index contributed by atoms with van der Waals surface area (Å²) >= 11 is 0. The molecule has 2 fully saturated rings. The Morgan fingerprint density at radius 3 is 2.58 bits per heavy atom. The maximum Gasteiger partial charge on any atom is 0.184 e. The Morgan fingerprint density at radius 2 is 1.96 bits per heavy atom. The first-order chi connectivity index (χ1) is 10.9. The lowest BCUT2D eigenvalue weighted by molar-refractivity contribution is -0.131. The lowest BCUT2D eigenvalue weighted by Gasteiger charge is -2.42. The van der Waals surface area contributed by atoms with E-state index in [1.807, 2.05) is 0 Å². The van der Waals surface area contributed by atoms with Gasteiger partial charge in [0.25, 0.3) is 0 Å². The predicted molar refractivity (Wildman–Crippen MR) is 102 cm³/mol. The molecule has 3 nitrogen and oxygen atoms in total. The Hall–Kier alpha value is -0.193. The van der Waals surface area contributed by atoms with E-state index in [0.717, 1.165) is 38.7 Å². The molecule has 0 aliphatic heterocycles. The molecule has 4 atom stereocenters. The van der Waals surface area contributed by atoms with E-state index in [1.165, 1.54) is 6.42 Å². The van der Waals surface area contributed by atoms with Crippen LogP contribution in [0, 0.1) is 17.3 Å². The van der Waals surface area contributed by atoms with E-state index in [0.29, 0.717) is 11.7 Å². The van der Waals surface area contributed by atoms with Crippen LogP contribution in [-0.4, -0.2) is 32.4 Å². The number of ether oxygens (including phenoxy) is 1. The summed E-state index contributed by atoms with van der Waals surface area (Å²) in [5.41, 5.74) is 0.0478. The second kappa shape index (κ2) is 7.20. The minimum absolute atomic E-state index is 0.118. The molecule has 0 aromatic rings. The number of hydrogen-bond donors (Lipinski definition) is 0. The van der Waals surface area contributed by atoms with Crippen molar-refractivity contribution >= 4 is 14.1 Å². The van der Waals surface area contributed by atoms with Crippen LogP contribution in [-0.2, 0) is 14.0 Å². The monoisotopic (exact) mass is 354 g/mol. The fourth-order valence-corrected chi connectivity index (χ4v) is 6.99. The fraction of sp³-hybridized carbons (Fsp3) is 0.950. The van der Waals surface area contributed by atoms with Crippen LogP contribution in [0.25, 0.3) is 0 Å². The van der Waals surface area contributed by atoms with Crippen molar-refractivity contribution in [2.45, 2.75) is 97.6 Å². The summed E-state index contributed by atoms with van der Waals surface area (Å²) in [6.45, 7) is 16.3. The molecule has 0 aromatic carbocycles. The molecule has 0 bridgehead atoms. The van der Waals surface area contributed by atoms with Crippen molar-refractivity contribution in [2.24, 2.45) is 17.3 Å². The second-order valence-electron chi connectivity index (χ2n) is 9.86. The number of fused-ring (bicyclic) bond motifs is 1. The van der Waals surface area contributed by atoms with Crippen LogP contribution in [0.4, 0.5) is 0 Å². The summed E-state index contributed by atoms with van der Waals surface area (Å²) in [6.07, 6.45) is 6.41. The average molecular weight is 355 g/mol. The van der Waals surface area contributed by atoms with Crippen LogP contribution in [0.5, 0.6) is 0 Å². The largest absolute Gasteiger partial charge is 0.413 e. The molecule has 2 rings (SSSR count). The molecule has 3 unspecified atom stereocenters. The zero-order chi connectivity index (χ0) is 18.2. The van der Waals surface area contributed by atoms with Crippen molar-refractivity contribution in [3.05, 3.63) is 0 Å². The van der Waals surface area contributed by atoms with Gasteiger partial charge in [-0.15, -0.1) is 0 Å². The zero-order valence-corrected chi connectivity index (χ0v) is 17.9. The number of carbonyl (C=O) groups excluding carboxylic acids is 1. The molecule has 0 heterocycles. The first-order valence-electron chi connectivity index (χ1n) is 9.79. The van der Waals surface area contributed by atoms with Crippen LogP contribution in [0.3, 0.4) is 0 Å². The third kappa shape index (κ3) is 4.70. The quantitative estimate of drug-likeness (QED) is 0.590. The topological polar surface area (TPSA) is 35.5 Å². The molecular weight excluding hydrogens is 316 g/mol. The van der Waals surface area contributed by atoms with Gasteiger partial charge in [0.15, 0.2) is 8.32 Å². The zero-order valence-electron chi connectivity index (χ0n) is 16.9. The highest BCUT2D eigenvalue weighted by molar-refractivity contribution is 6.69. The van der Waals surface area contributed by atoms with Gasteiger partial charge in [0, 0.05) is 18.9 Å². The highest BCUT2D eigenvalue weighted by Gasteiger charge is 2.52. The molecule has 0 spiro atoms. The van der Waals surface area contributed by atoms with Gasteiger partial charge in [0.2, 0.25) is 0 Å². The SMILES string of the molecule is CC(OCCC(C)(C)O[Si](C)(C)C)C1CCC2C(=O)CCC[C@@]21C. The fourth-order valence-electron chi connectivity index (χ4n) is 5.23. The molecule has 140 valence electrons. The first-order valence-corrected chi connectivity index (χ1v) is 13.2. The van der Waals surface area contributed by atoms with Crippen LogP contribution in [0.1, 0.15) is 66.2 Å². The Bertz CT molecular complexity index is 454. The number of rotatable bonds is 7.